The summed E-state index contributed by atoms with van der Waals surface area (Å²) in [7, 11) is 0. The van der Waals surface area contributed by atoms with Gasteiger partial charge in [0.15, 0.2) is 0 Å². The quantitative estimate of drug-likeness (QED) is 0.542. The molecule has 21 heavy (non-hydrogen) atoms. The Hall–Kier alpha value is -0.0100. The molecule has 5 rings (SSSR count). The van der Waals surface area contributed by atoms with E-state index in [4.69, 9.17) is 11.6 Å². The molecule has 116 valence electrons. The fraction of sp³-hybridized carbons (Fsp3) is 0.789. The zero-order chi connectivity index (χ0) is 14.8. The zero-order valence-corrected chi connectivity index (χ0v) is 15.1. The maximum absolute atomic E-state index is 7.10. The fourth-order valence-corrected chi connectivity index (χ4v) is 7.34. The summed E-state index contributed by atoms with van der Waals surface area (Å²) in [4.78, 5) is 2.91. The number of hydrogen-bond acceptors (Lipinski definition) is 1. The normalized spacial score (nSPS) is 39.7. The van der Waals surface area contributed by atoms with Crippen molar-refractivity contribution in [2.45, 2.75) is 70.1 Å². The molecule has 0 aromatic carbocycles. The van der Waals surface area contributed by atoms with E-state index in [0.717, 1.165) is 17.8 Å². The highest BCUT2D eigenvalue weighted by molar-refractivity contribution is 7.12. The lowest BCUT2D eigenvalue weighted by atomic mass is 9.48. The highest BCUT2D eigenvalue weighted by Crippen LogP contribution is 2.65. The molecule has 0 spiro atoms. The summed E-state index contributed by atoms with van der Waals surface area (Å²) in [6.07, 6.45) is 8.70. The molecule has 1 aromatic heterocycles. The molecule has 1 aromatic rings. The maximum atomic E-state index is 7.10. The van der Waals surface area contributed by atoms with Crippen LogP contribution in [0.3, 0.4) is 0 Å². The lowest BCUT2D eigenvalue weighted by Gasteiger charge is -2.58. The Bertz CT molecular complexity index is 501. The molecule has 0 aliphatic heterocycles. The average Bonchev–Trinajstić information content (AvgIpc) is 2.85. The van der Waals surface area contributed by atoms with E-state index in [1.807, 2.05) is 11.3 Å². The first-order chi connectivity index (χ1) is 9.86. The molecule has 4 saturated carbocycles. The van der Waals surface area contributed by atoms with Crippen molar-refractivity contribution in [3.63, 3.8) is 0 Å². The van der Waals surface area contributed by atoms with E-state index in [9.17, 15) is 0 Å². The van der Waals surface area contributed by atoms with E-state index in [0.29, 0.717) is 5.41 Å². The molecule has 4 aliphatic rings. The lowest BCUT2D eigenvalue weighted by molar-refractivity contribution is -0.0547. The molecule has 4 bridgehead atoms. The van der Waals surface area contributed by atoms with Gasteiger partial charge in [-0.05, 0) is 79.2 Å². The number of rotatable bonds is 2. The Morgan fingerprint density at radius 2 is 1.57 bits per heavy atom. The van der Waals surface area contributed by atoms with Gasteiger partial charge in [0.05, 0.1) is 5.38 Å². The topological polar surface area (TPSA) is 0 Å². The molecule has 4 fully saturated rings. The molecule has 0 N–H and O–H groups in total. The third-order valence-corrected chi connectivity index (χ3v) is 8.64. The SMILES string of the molecule is CC(C)(C)c1ccc(C(Cl)C23CC4CC(CC(C4)C2)C3)s1. The van der Waals surface area contributed by atoms with Crippen molar-refractivity contribution in [3.05, 3.63) is 21.9 Å². The summed E-state index contributed by atoms with van der Waals surface area (Å²) in [5, 5.41) is 0.256. The minimum atomic E-state index is 0.251. The second-order valence-electron chi connectivity index (χ2n) is 9.09. The van der Waals surface area contributed by atoms with Gasteiger partial charge in [0.25, 0.3) is 0 Å². The van der Waals surface area contributed by atoms with Gasteiger partial charge in [-0.2, -0.15) is 0 Å². The van der Waals surface area contributed by atoms with Crippen LogP contribution in [-0.4, -0.2) is 0 Å². The smallest absolute Gasteiger partial charge is 0.0735 e. The van der Waals surface area contributed by atoms with Gasteiger partial charge in [-0.3, -0.25) is 0 Å². The molecular formula is C19H27ClS. The highest BCUT2D eigenvalue weighted by atomic mass is 35.5. The van der Waals surface area contributed by atoms with E-state index >= 15 is 0 Å². The molecule has 1 unspecified atom stereocenters. The fourth-order valence-electron chi connectivity index (χ4n) is 5.68. The Morgan fingerprint density at radius 1 is 1.05 bits per heavy atom. The van der Waals surface area contributed by atoms with Crippen LogP contribution in [-0.2, 0) is 5.41 Å². The van der Waals surface area contributed by atoms with E-state index < -0.39 is 0 Å². The van der Waals surface area contributed by atoms with Crippen LogP contribution in [0.15, 0.2) is 12.1 Å². The van der Waals surface area contributed by atoms with E-state index in [-0.39, 0.29) is 10.8 Å². The number of halogens is 1. The van der Waals surface area contributed by atoms with Gasteiger partial charge in [0, 0.05) is 9.75 Å². The van der Waals surface area contributed by atoms with Crippen molar-refractivity contribution in [1.82, 2.24) is 0 Å². The average molecular weight is 323 g/mol. The molecule has 0 saturated heterocycles. The standard InChI is InChI=1S/C19H27ClS/c1-18(2,3)16-5-4-15(21-16)17(20)19-9-12-6-13(10-19)8-14(7-12)11-19/h4-5,12-14,17H,6-11H2,1-3H3. The number of alkyl halides is 1. The van der Waals surface area contributed by atoms with Crippen molar-refractivity contribution in [3.8, 4) is 0 Å². The van der Waals surface area contributed by atoms with Crippen LogP contribution in [0, 0.1) is 23.2 Å². The van der Waals surface area contributed by atoms with Crippen LogP contribution in [0.2, 0.25) is 0 Å². The highest BCUT2D eigenvalue weighted by Gasteiger charge is 2.54. The van der Waals surface area contributed by atoms with Crippen LogP contribution >= 0.6 is 22.9 Å². The summed E-state index contributed by atoms with van der Waals surface area (Å²) in [6.45, 7) is 6.91. The van der Waals surface area contributed by atoms with Crippen LogP contribution in [0.1, 0.15) is 74.4 Å². The zero-order valence-electron chi connectivity index (χ0n) is 13.5. The molecule has 0 amide bonds. The van der Waals surface area contributed by atoms with Gasteiger partial charge >= 0.3 is 0 Å². The molecular weight excluding hydrogens is 296 g/mol. The summed E-state index contributed by atoms with van der Waals surface area (Å²) in [6, 6.07) is 4.64. The Kier molecular flexibility index (Phi) is 3.29. The lowest BCUT2D eigenvalue weighted by Crippen LogP contribution is -2.47. The van der Waals surface area contributed by atoms with Gasteiger partial charge in [0.2, 0.25) is 0 Å². The van der Waals surface area contributed by atoms with Crippen molar-refractivity contribution in [2.24, 2.45) is 23.2 Å². The van der Waals surface area contributed by atoms with Gasteiger partial charge in [0.1, 0.15) is 0 Å². The molecule has 4 aliphatic carbocycles. The van der Waals surface area contributed by atoms with Gasteiger partial charge in [-0.25, -0.2) is 0 Å². The minimum absolute atomic E-state index is 0.251. The van der Waals surface area contributed by atoms with Gasteiger partial charge < -0.3 is 0 Å². The third-order valence-electron chi connectivity index (χ3n) is 6.24. The molecule has 1 atom stereocenters. The van der Waals surface area contributed by atoms with Crippen LogP contribution in [0.5, 0.6) is 0 Å². The van der Waals surface area contributed by atoms with E-state index in [2.05, 4.69) is 32.9 Å². The van der Waals surface area contributed by atoms with Crippen LogP contribution in [0.4, 0.5) is 0 Å². The largest absolute Gasteiger partial charge is 0.143 e. The monoisotopic (exact) mass is 322 g/mol. The summed E-state index contributed by atoms with van der Waals surface area (Å²) in [5.41, 5.74) is 0.678. The van der Waals surface area contributed by atoms with E-state index in [1.54, 1.807) is 0 Å². The summed E-state index contributed by atoms with van der Waals surface area (Å²) < 4.78 is 0. The Morgan fingerprint density at radius 3 is 2.00 bits per heavy atom. The predicted molar refractivity (Wildman–Crippen MR) is 92.2 cm³/mol. The van der Waals surface area contributed by atoms with Crippen LogP contribution < -0.4 is 0 Å². The molecule has 0 nitrogen and oxygen atoms in total. The second-order valence-corrected chi connectivity index (χ2v) is 10.6. The minimum Gasteiger partial charge on any atom is -0.143 e. The molecule has 1 heterocycles. The predicted octanol–water partition coefficient (Wildman–Crippen LogP) is 6.54. The third kappa shape index (κ3) is 2.39. The van der Waals surface area contributed by atoms with Crippen molar-refractivity contribution in [2.75, 3.05) is 0 Å². The summed E-state index contributed by atoms with van der Waals surface area (Å²) in [5.74, 6) is 2.96. The number of hydrogen-bond donors (Lipinski definition) is 0. The molecule has 2 heteroatoms. The van der Waals surface area contributed by atoms with Crippen molar-refractivity contribution >= 4 is 22.9 Å². The number of thiophene rings is 1. The van der Waals surface area contributed by atoms with Crippen molar-refractivity contribution < 1.29 is 0 Å². The first kappa shape index (κ1) is 14.6. The molecule has 0 radical (unpaired) electrons. The first-order valence-corrected chi connectivity index (χ1v) is 9.85. The van der Waals surface area contributed by atoms with E-state index in [1.165, 1.54) is 48.3 Å². The van der Waals surface area contributed by atoms with Gasteiger partial charge in [-0.1, -0.05) is 20.8 Å². The Labute approximate surface area is 138 Å². The van der Waals surface area contributed by atoms with Crippen LogP contribution in [0.25, 0.3) is 0 Å². The van der Waals surface area contributed by atoms with Crippen molar-refractivity contribution in [1.29, 1.82) is 0 Å². The first-order valence-electron chi connectivity index (χ1n) is 8.60. The van der Waals surface area contributed by atoms with Gasteiger partial charge in [-0.15, -0.1) is 22.9 Å². The summed E-state index contributed by atoms with van der Waals surface area (Å²) >= 11 is 9.07. The second kappa shape index (κ2) is 4.74. The Balaban J connectivity index is 1.62. The maximum Gasteiger partial charge on any atom is 0.0735 e.